The van der Waals surface area contributed by atoms with Gasteiger partial charge in [-0.05, 0) is 0 Å². The van der Waals surface area contributed by atoms with Gasteiger partial charge in [0.25, 0.3) is 0 Å². The Morgan fingerprint density at radius 2 is 1.81 bits per heavy atom. The molecule has 0 saturated heterocycles. The van der Waals surface area contributed by atoms with E-state index in [-0.39, 0.29) is 0 Å². The number of carbonyl (C=O) groups is 2. The van der Waals surface area contributed by atoms with Crippen molar-refractivity contribution in [2.24, 2.45) is 0 Å². The maximum absolute atomic E-state index is 12.1. The van der Waals surface area contributed by atoms with Gasteiger partial charge in [0.2, 0.25) is 3.79 Å². The molecule has 0 aromatic heterocycles. The van der Waals surface area contributed by atoms with Crippen LogP contribution in [-0.2, 0) is 4.74 Å². The van der Waals surface area contributed by atoms with Gasteiger partial charge in [0, 0.05) is 14.1 Å². The molecular weight excluding hydrogens is 306 g/mol. The zero-order chi connectivity index (χ0) is 12.9. The first kappa shape index (κ1) is 15.9. The Labute approximate surface area is 111 Å². The molecule has 0 radical (unpaired) electrons. The van der Waals surface area contributed by atoms with Gasteiger partial charge in [-0.1, -0.05) is 34.8 Å². The Morgan fingerprint density at radius 1 is 1.31 bits per heavy atom. The molecule has 0 aliphatic rings. The van der Waals surface area contributed by atoms with Crippen molar-refractivity contribution < 1.29 is 18.7 Å². The average molecular weight is 314 g/mol. The number of hydrogen-bond acceptors (Lipinski definition) is 4. The molecular formula is C6H8Cl3FN2O3S. The summed E-state index contributed by atoms with van der Waals surface area (Å²) in [5.41, 5.74) is 0. The van der Waals surface area contributed by atoms with E-state index in [0.717, 1.165) is 11.4 Å². The van der Waals surface area contributed by atoms with Crippen LogP contribution in [0.25, 0.3) is 0 Å². The molecule has 0 aromatic rings. The molecule has 5 nitrogen and oxygen atoms in total. The topological polar surface area (TPSA) is 49.9 Å². The van der Waals surface area contributed by atoms with Crippen molar-refractivity contribution in [2.45, 2.75) is 3.79 Å². The summed E-state index contributed by atoms with van der Waals surface area (Å²) >= 11 is 16.5. The number of carbonyl (C=O) groups excluding carboxylic acids is 2. The van der Waals surface area contributed by atoms with Crippen LogP contribution in [0.1, 0.15) is 0 Å². The van der Waals surface area contributed by atoms with Crippen LogP contribution in [0.4, 0.5) is 14.0 Å². The van der Waals surface area contributed by atoms with E-state index in [2.05, 4.69) is 4.74 Å². The van der Waals surface area contributed by atoms with Gasteiger partial charge < -0.3 is 4.74 Å². The van der Waals surface area contributed by atoms with E-state index in [0.29, 0.717) is 16.4 Å². The first-order chi connectivity index (χ1) is 7.13. The van der Waals surface area contributed by atoms with E-state index in [9.17, 15) is 14.0 Å². The van der Waals surface area contributed by atoms with Crippen molar-refractivity contribution >= 4 is 59.2 Å². The van der Waals surface area contributed by atoms with Crippen LogP contribution in [0.5, 0.6) is 0 Å². The predicted octanol–water partition coefficient (Wildman–Crippen LogP) is 3.01. The summed E-state index contributed by atoms with van der Waals surface area (Å²) in [6, 6.07) is 0. The summed E-state index contributed by atoms with van der Waals surface area (Å²) in [7, 11) is 2.41. The Bertz CT molecular complexity index is 276. The fourth-order valence-corrected chi connectivity index (χ4v) is 1.20. The molecule has 0 spiro atoms. The molecule has 0 heterocycles. The van der Waals surface area contributed by atoms with Gasteiger partial charge in [-0.3, -0.25) is 0 Å². The van der Waals surface area contributed by atoms with Gasteiger partial charge >= 0.3 is 12.3 Å². The normalized spacial score (nSPS) is 10.9. The van der Waals surface area contributed by atoms with Gasteiger partial charge in [0.05, 0.1) is 12.1 Å². The number of hydrogen-bond donors (Lipinski definition) is 0. The number of halogens is 4. The van der Waals surface area contributed by atoms with Gasteiger partial charge in [-0.15, -0.1) is 4.39 Å². The van der Waals surface area contributed by atoms with Crippen LogP contribution >= 0.6 is 46.9 Å². The number of ether oxygens (including phenoxy) is 1. The summed E-state index contributed by atoms with van der Waals surface area (Å²) in [4.78, 5) is 21.4. The average Bonchev–Trinajstić information content (AvgIpc) is 2.12. The molecule has 0 aromatic carbocycles. The first-order valence-electron chi connectivity index (χ1n) is 3.72. The molecule has 0 atom stereocenters. The van der Waals surface area contributed by atoms with Crippen molar-refractivity contribution in [1.82, 2.24) is 8.61 Å². The van der Waals surface area contributed by atoms with Crippen LogP contribution < -0.4 is 0 Å². The van der Waals surface area contributed by atoms with Crippen LogP contribution in [-0.4, -0.2) is 45.4 Å². The molecule has 0 fully saturated rings. The molecule has 0 saturated carbocycles. The maximum atomic E-state index is 12.1. The molecule has 16 heavy (non-hydrogen) atoms. The molecule has 10 heteroatoms. The molecule has 0 unspecified atom stereocenters. The number of nitrogens with zero attached hydrogens (tertiary/aromatic N) is 2. The lowest BCUT2D eigenvalue weighted by Crippen LogP contribution is -2.29. The zero-order valence-corrected chi connectivity index (χ0v) is 11.3. The van der Waals surface area contributed by atoms with Crippen molar-refractivity contribution in [1.29, 1.82) is 0 Å². The lowest BCUT2D eigenvalue weighted by Gasteiger charge is -2.20. The largest absolute Gasteiger partial charge is 0.444 e. The molecule has 0 rings (SSSR count). The molecule has 0 aliphatic carbocycles. The second-order valence-corrected chi connectivity index (χ2v) is 6.27. The highest BCUT2D eigenvalue weighted by Crippen LogP contribution is 2.26. The van der Waals surface area contributed by atoms with Crippen LogP contribution in [0.15, 0.2) is 0 Å². The molecule has 94 valence electrons. The van der Waals surface area contributed by atoms with Gasteiger partial charge in [-0.25, -0.2) is 18.2 Å². The number of alkyl halides is 3. The summed E-state index contributed by atoms with van der Waals surface area (Å²) in [5.74, 6) is 0. The van der Waals surface area contributed by atoms with Crippen molar-refractivity contribution in [3.63, 3.8) is 0 Å². The third-order valence-electron chi connectivity index (χ3n) is 1.11. The molecule has 0 bridgehead atoms. The standard InChI is InChI=1S/C6H8Cl3FN2O3S/c1-11(4(10)13)16-12(2)5(14)15-3-6(7,8)9/h3H2,1-2H3. The SMILES string of the molecule is CN(SN(C)C(=O)OCC(Cl)(Cl)Cl)C(=O)F. The van der Waals surface area contributed by atoms with E-state index >= 15 is 0 Å². The fraction of sp³-hybridized carbons (Fsp3) is 0.667. The second-order valence-electron chi connectivity index (χ2n) is 2.50. The first-order valence-corrected chi connectivity index (χ1v) is 5.58. The highest BCUT2D eigenvalue weighted by atomic mass is 35.6. The number of amides is 2. The van der Waals surface area contributed by atoms with Crippen molar-refractivity contribution in [2.75, 3.05) is 20.7 Å². The van der Waals surface area contributed by atoms with Gasteiger partial charge in [0.15, 0.2) is 0 Å². The lowest BCUT2D eigenvalue weighted by molar-refractivity contribution is 0.134. The molecule has 2 amide bonds. The van der Waals surface area contributed by atoms with Gasteiger partial charge in [0.1, 0.15) is 6.61 Å². The lowest BCUT2D eigenvalue weighted by atomic mass is 10.8. The third kappa shape index (κ3) is 7.21. The summed E-state index contributed by atoms with van der Waals surface area (Å²) in [6.07, 6.45) is -2.57. The zero-order valence-electron chi connectivity index (χ0n) is 8.25. The summed E-state index contributed by atoms with van der Waals surface area (Å²) < 4.78 is 16.4. The molecule has 0 aliphatic heterocycles. The van der Waals surface area contributed by atoms with E-state index in [1.807, 2.05) is 0 Å². The highest BCUT2D eigenvalue weighted by molar-refractivity contribution is 7.95. The minimum Gasteiger partial charge on any atom is -0.444 e. The van der Waals surface area contributed by atoms with Crippen molar-refractivity contribution in [3.8, 4) is 0 Å². The smallest absolute Gasteiger partial charge is 0.421 e. The predicted molar refractivity (Wildman–Crippen MR) is 61.3 cm³/mol. The summed E-state index contributed by atoms with van der Waals surface area (Å²) in [6.45, 7) is -0.450. The molecule has 0 N–H and O–H groups in total. The Kier molecular flexibility index (Phi) is 6.54. The minimum absolute atomic E-state index is 0.450. The summed E-state index contributed by atoms with van der Waals surface area (Å²) in [5, 5.41) is 0. The van der Waals surface area contributed by atoms with E-state index in [1.165, 1.54) is 7.05 Å². The Balaban J connectivity index is 4.05. The van der Waals surface area contributed by atoms with Crippen molar-refractivity contribution in [3.05, 3.63) is 0 Å². The quantitative estimate of drug-likeness (QED) is 0.348. The minimum atomic E-state index is -1.72. The van der Waals surface area contributed by atoms with Crippen LogP contribution in [0.3, 0.4) is 0 Å². The highest BCUT2D eigenvalue weighted by Gasteiger charge is 2.24. The third-order valence-corrected chi connectivity index (χ3v) is 2.22. The van der Waals surface area contributed by atoms with Gasteiger partial charge in [-0.2, -0.15) is 0 Å². The Morgan fingerprint density at radius 3 is 2.19 bits per heavy atom. The number of rotatable bonds is 3. The van der Waals surface area contributed by atoms with E-state index in [1.54, 1.807) is 0 Å². The second kappa shape index (κ2) is 6.58. The Hall–Kier alpha value is -0.110. The van der Waals surface area contributed by atoms with Crippen LogP contribution in [0, 0.1) is 0 Å². The van der Waals surface area contributed by atoms with E-state index < -0.39 is 22.7 Å². The van der Waals surface area contributed by atoms with Crippen LogP contribution in [0.2, 0.25) is 0 Å². The monoisotopic (exact) mass is 312 g/mol. The van der Waals surface area contributed by atoms with E-state index in [4.69, 9.17) is 34.8 Å². The maximum Gasteiger partial charge on any atom is 0.421 e. The fourth-order valence-electron chi connectivity index (χ4n) is 0.484.